The molecule has 16 rings (SSSR count). The fraction of sp³-hybridized carbons (Fsp3) is 0.105. The van der Waals surface area contributed by atoms with Crippen molar-refractivity contribution in [2.75, 3.05) is 0 Å². The highest BCUT2D eigenvalue weighted by molar-refractivity contribution is 5.99. The molecular formula is C76H54N2. The van der Waals surface area contributed by atoms with Gasteiger partial charge in [-0.1, -0.05) is 228 Å². The molecule has 4 aliphatic carbocycles. The maximum Gasteiger partial charge on any atom is 0.0973 e. The van der Waals surface area contributed by atoms with Crippen LogP contribution in [0, 0.1) is 41.5 Å². The third-order valence-corrected chi connectivity index (χ3v) is 18.0. The van der Waals surface area contributed by atoms with Crippen molar-refractivity contribution < 1.29 is 0 Å². The van der Waals surface area contributed by atoms with Crippen LogP contribution in [0.15, 0.2) is 218 Å². The molecule has 4 aliphatic rings. The van der Waals surface area contributed by atoms with Gasteiger partial charge in [0.1, 0.15) is 0 Å². The van der Waals surface area contributed by atoms with Gasteiger partial charge in [0.25, 0.3) is 0 Å². The van der Waals surface area contributed by atoms with E-state index >= 15 is 0 Å². The highest BCUT2D eigenvalue weighted by atomic mass is 14.8. The maximum absolute atomic E-state index is 5.38. The zero-order chi connectivity index (χ0) is 52.3. The largest absolute Gasteiger partial charge is 0.244 e. The molecule has 0 N–H and O–H groups in total. The molecule has 0 unspecified atom stereocenters. The van der Waals surface area contributed by atoms with E-state index in [1.807, 2.05) is 12.1 Å². The molecule has 0 radical (unpaired) electrons. The van der Waals surface area contributed by atoms with Gasteiger partial charge in [-0.3, -0.25) is 0 Å². The van der Waals surface area contributed by atoms with Gasteiger partial charge >= 0.3 is 0 Å². The summed E-state index contributed by atoms with van der Waals surface area (Å²) in [5.74, 6) is 0. The van der Waals surface area contributed by atoms with Gasteiger partial charge in [0.2, 0.25) is 0 Å². The lowest BCUT2D eigenvalue weighted by atomic mass is 9.69. The second-order valence-corrected chi connectivity index (χ2v) is 22.9. The van der Waals surface area contributed by atoms with E-state index in [9.17, 15) is 0 Å². The molecule has 12 aromatic rings. The number of aromatic nitrogens is 2. The molecule has 0 bridgehead atoms. The van der Waals surface area contributed by atoms with Crippen LogP contribution in [0.3, 0.4) is 0 Å². The van der Waals surface area contributed by atoms with Gasteiger partial charge in [-0.05, 0) is 177 Å². The number of hydrogen-bond acceptors (Lipinski definition) is 2. The highest BCUT2D eigenvalue weighted by Gasteiger charge is 2.53. The molecular weight excluding hydrogens is 941 g/mol. The Bertz CT molecular complexity index is 4170. The van der Waals surface area contributed by atoms with Gasteiger partial charge in [-0.2, -0.15) is 0 Å². The average molecular weight is 995 g/mol. The van der Waals surface area contributed by atoms with Crippen molar-refractivity contribution in [2.45, 2.75) is 52.4 Å². The second kappa shape index (κ2) is 16.1. The third kappa shape index (κ3) is 6.09. The van der Waals surface area contributed by atoms with Crippen molar-refractivity contribution in [3.63, 3.8) is 0 Å². The average Bonchev–Trinajstić information content (AvgIpc) is 4.26. The molecule has 1 heterocycles. The second-order valence-electron chi connectivity index (χ2n) is 22.9. The quantitative estimate of drug-likeness (QED) is 0.176. The van der Waals surface area contributed by atoms with Crippen LogP contribution >= 0.6 is 0 Å². The number of rotatable bonds is 4. The smallest absolute Gasteiger partial charge is 0.0973 e. The van der Waals surface area contributed by atoms with E-state index in [1.54, 1.807) is 0 Å². The summed E-state index contributed by atoms with van der Waals surface area (Å²) < 4.78 is 0. The van der Waals surface area contributed by atoms with Crippen LogP contribution in [0.1, 0.15) is 77.9 Å². The Balaban J connectivity index is 0.792. The topological polar surface area (TPSA) is 25.8 Å². The SMILES string of the molecule is Cc1ccc2c(c1)C1(c3cc(C)ccc3-2)c2cc(C)ccc2-c2ccc(-c3ccc(-c4nc5ccccc5nc4-c4ccc(-c5ccc6c(c5)C5(c7cc(C)ccc7-c7ccc(C)cc75)c5cc(C)ccc5-6)cc4)cc3)cc21. The summed E-state index contributed by atoms with van der Waals surface area (Å²) in [6, 6.07) is 83.0. The van der Waals surface area contributed by atoms with Crippen molar-refractivity contribution in [1.29, 1.82) is 0 Å². The van der Waals surface area contributed by atoms with Gasteiger partial charge in [-0.25, -0.2) is 9.97 Å². The van der Waals surface area contributed by atoms with Gasteiger partial charge in [0, 0.05) is 11.1 Å². The summed E-state index contributed by atoms with van der Waals surface area (Å²) in [6.45, 7) is 13.4. The third-order valence-electron chi connectivity index (χ3n) is 18.0. The predicted octanol–water partition coefficient (Wildman–Crippen LogP) is 18.8. The van der Waals surface area contributed by atoms with Gasteiger partial charge < -0.3 is 0 Å². The lowest BCUT2D eigenvalue weighted by molar-refractivity contribution is 0.791. The molecule has 0 amide bonds. The van der Waals surface area contributed by atoms with E-state index in [2.05, 4.69) is 248 Å². The summed E-state index contributed by atoms with van der Waals surface area (Å²) >= 11 is 0. The molecule has 11 aromatic carbocycles. The summed E-state index contributed by atoms with van der Waals surface area (Å²) in [7, 11) is 0. The number of aryl methyl sites for hydroxylation is 6. The molecule has 0 fully saturated rings. The molecule has 368 valence electrons. The lowest BCUT2D eigenvalue weighted by Gasteiger charge is -2.31. The van der Waals surface area contributed by atoms with E-state index < -0.39 is 10.8 Å². The Morgan fingerprint density at radius 2 is 0.436 bits per heavy atom. The molecule has 2 spiro atoms. The minimum absolute atomic E-state index is 0.416. The Morgan fingerprint density at radius 1 is 0.218 bits per heavy atom. The summed E-state index contributed by atoms with van der Waals surface area (Å²) in [6.07, 6.45) is 0. The van der Waals surface area contributed by atoms with E-state index in [4.69, 9.17) is 9.97 Å². The number of hydrogen-bond donors (Lipinski definition) is 0. The van der Waals surface area contributed by atoms with Crippen LogP contribution in [0.4, 0.5) is 0 Å². The van der Waals surface area contributed by atoms with Gasteiger partial charge in [-0.15, -0.1) is 0 Å². The number of nitrogens with zero attached hydrogens (tertiary/aromatic N) is 2. The van der Waals surface area contributed by atoms with Crippen molar-refractivity contribution in [1.82, 2.24) is 9.97 Å². The monoisotopic (exact) mass is 994 g/mol. The zero-order valence-corrected chi connectivity index (χ0v) is 44.7. The summed E-state index contributed by atoms with van der Waals surface area (Å²) in [5.41, 5.74) is 38.7. The normalized spacial score (nSPS) is 14.0. The van der Waals surface area contributed by atoms with Crippen molar-refractivity contribution in [2.24, 2.45) is 0 Å². The minimum atomic E-state index is -0.416. The number of para-hydroxylation sites is 2. The van der Waals surface area contributed by atoms with Crippen molar-refractivity contribution in [3.8, 4) is 89.3 Å². The first-order valence-corrected chi connectivity index (χ1v) is 27.5. The first kappa shape index (κ1) is 45.0. The lowest BCUT2D eigenvalue weighted by Crippen LogP contribution is -2.26. The number of benzene rings is 11. The van der Waals surface area contributed by atoms with Crippen LogP contribution in [-0.4, -0.2) is 9.97 Å². The molecule has 78 heavy (non-hydrogen) atoms. The Kier molecular flexibility index (Phi) is 9.32. The van der Waals surface area contributed by atoms with Gasteiger partial charge in [0.05, 0.1) is 33.3 Å². The van der Waals surface area contributed by atoms with E-state index in [0.717, 1.165) is 33.5 Å². The predicted molar refractivity (Wildman–Crippen MR) is 322 cm³/mol. The van der Waals surface area contributed by atoms with E-state index in [1.165, 1.54) is 145 Å². The minimum Gasteiger partial charge on any atom is -0.244 e. The molecule has 0 aliphatic heterocycles. The standard InChI is InChI=1S/C76H54N2/c1-43-11-27-55-56-28-12-44(2)36-64(56)75(63(55)35-43)67-39-47(5)15-31-59(67)61-33-25-53(41-69(61)75)49-17-21-51(22-18-49)73-74(78-72-10-8-7-9-71(72)77-73)52-23-19-50(20-24-52)54-26-34-62-60-32-16-48(6)40-68(60)76(70(62)42-54)65-37-45(3)13-29-57(65)58-30-14-46(4)38-66(58)76/h7-42H,1-6H3. The van der Waals surface area contributed by atoms with E-state index in [-0.39, 0.29) is 0 Å². The molecule has 0 saturated carbocycles. The Morgan fingerprint density at radius 3 is 0.705 bits per heavy atom. The molecule has 2 nitrogen and oxygen atoms in total. The zero-order valence-electron chi connectivity index (χ0n) is 44.7. The fourth-order valence-electron chi connectivity index (χ4n) is 14.5. The van der Waals surface area contributed by atoms with Crippen LogP contribution in [0.2, 0.25) is 0 Å². The first-order valence-electron chi connectivity index (χ1n) is 27.5. The Hall–Kier alpha value is -9.24. The number of fused-ring (bicyclic) bond motifs is 21. The van der Waals surface area contributed by atoms with Crippen LogP contribution in [0.25, 0.3) is 100 Å². The summed E-state index contributed by atoms with van der Waals surface area (Å²) in [5, 5.41) is 0. The highest BCUT2D eigenvalue weighted by Crippen LogP contribution is 2.65. The summed E-state index contributed by atoms with van der Waals surface area (Å²) in [4.78, 5) is 10.8. The van der Waals surface area contributed by atoms with Gasteiger partial charge in [0.15, 0.2) is 0 Å². The first-order chi connectivity index (χ1) is 38.1. The van der Waals surface area contributed by atoms with Crippen LogP contribution in [0.5, 0.6) is 0 Å². The van der Waals surface area contributed by atoms with Crippen LogP contribution in [-0.2, 0) is 10.8 Å². The molecule has 1 aromatic heterocycles. The Labute approximate surface area is 456 Å². The van der Waals surface area contributed by atoms with Crippen LogP contribution < -0.4 is 0 Å². The maximum atomic E-state index is 5.38. The van der Waals surface area contributed by atoms with E-state index in [0.29, 0.717) is 0 Å². The molecule has 0 saturated heterocycles. The van der Waals surface area contributed by atoms with Crippen molar-refractivity contribution in [3.05, 3.63) is 296 Å². The van der Waals surface area contributed by atoms with Crippen molar-refractivity contribution >= 4 is 11.0 Å². The molecule has 0 atom stereocenters. The molecule has 2 heteroatoms. The fourth-order valence-corrected chi connectivity index (χ4v) is 14.5.